The number of ether oxygens (including phenoxy) is 1. The fourth-order valence-electron chi connectivity index (χ4n) is 5.35. The Bertz CT molecular complexity index is 1190. The fourth-order valence-corrected chi connectivity index (χ4v) is 5.35. The van der Waals surface area contributed by atoms with Gasteiger partial charge in [0.05, 0.1) is 31.7 Å². The minimum atomic E-state index is -1.08. The molecule has 5 rings (SSSR count). The molecule has 1 aliphatic heterocycles. The molecule has 2 aliphatic rings. The topological polar surface area (TPSA) is 76.7 Å². The zero-order valence-electron chi connectivity index (χ0n) is 20.5. The molecule has 0 radical (unpaired) electrons. The quantitative estimate of drug-likeness (QED) is 0.521. The first-order valence-electron chi connectivity index (χ1n) is 12.6. The molecule has 1 atom stereocenters. The van der Waals surface area contributed by atoms with Crippen LogP contribution in [0.15, 0.2) is 59.2 Å². The SMILES string of the molecule is CCOc1ccccc1CN1C(=O)c2ccc(-c3ccco3)n2C[C@]1(C)C(=O)NC1CCCCC1. The molecule has 0 saturated heterocycles. The van der Waals surface area contributed by atoms with Crippen molar-refractivity contribution >= 4 is 11.8 Å². The third kappa shape index (κ3) is 4.35. The zero-order chi connectivity index (χ0) is 24.4. The maximum atomic E-state index is 13.9. The number of carbonyl (C=O) groups is 2. The summed E-state index contributed by atoms with van der Waals surface area (Å²) in [6.07, 6.45) is 7.03. The number of benzene rings is 1. The van der Waals surface area contributed by atoms with Crippen LogP contribution in [0.2, 0.25) is 0 Å². The Morgan fingerprint density at radius 3 is 2.60 bits per heavy atom. The Kier molecular flexibility index (Phi) is 6.41. The average Bonchev–Trinajstić information content (AvgIpc) is 3.53. The maximum absolute atomic E-state index is 13.9. The lowest BCUT2D eigenvalue weighted by molar-refractivity contribution is -0.134. The first kappa shape index (κ1) is 23.3. The number of nitrogens with one attached hydrogen (secondary N) is 1. The fraction of sp³-hybridized carbons (Fsp3) is 0.429. The third-order valence-corrected chi connectivity index (χ3v) is 7.31. The predicted molar refractivity (Wildman–Crippen MR) is 133 cm³/mol. The van der Waals surface area contributed by atoms with Crippen molar-refractivity contribution in [2.24, 2.45) is 0 Å². The van der Waals surface area contributed by atoms with Crippen molar-refractivity contribution in [2.45, 2.75) is 70.6 Å². The summed E-state index contributed by atoms with van der Waals surface area (Å²) < 4.78 is 13.4. The number of nitrogens with zero attached hydrogens (tertiary/aromatic N) is 2. The highest BCUT2D eigenvalue weighted by Gasteiger charge is 2.48. The van der Waals surface area contributed by atoms with E-state index < -0.39 is 5.54 Å². The number of hydrogen-bond acceptors (Lipinski definition) is 4. The lowest BCUT2D eigenvalue weighted by atomic mass is 9.91. The van der Waals surface area contributed by atoms with Crippen LogP contribution >= 0.6 is 0 Å². The summed E-state index contributed by atoms with van der Waals surface area (Å²) in [7, 11) is 0. The van der Waals surface area contributed by atoms with E-state index in [9.17, 15) is 9.59 Å². The van der Waals surface area contributed by atoms with Gasteiger partial charge >= 0.3 is 0 Å². The van der Waals surface area contributed by atoms with Gasteiger partial charge < -0.3 is 23.9 Å². The summed E-state index contributed by atoms with van der Waals surface area (Å²) in [5.74, 6) is 1.11. The van der Waals surface area contributed by atoms with Crippen LogP contribution in [-0.4, -0.2) is 39.5 Å². The van der Waals surface area contributed by atoms with Crippen LogP contribution in [0, 0.1) is 0 Å². The van der Waals surface area contributed by atoms with E-state index in [-0.39, 0.29) is 24.4 Å². The molecule has 184 valence electrons. The van der Waals surface area contributed by atoms with Gasteiger partial charge in [-0.1, -0.05) is 37.5 Å². The van der Waals surface area contributed by atoms with Crippen LogP contribution in [-0.2, 0) is 17.9 Å². The summed E-state index contributed by atoms with van der Waals surface area (Å²) >= 11 is 0. The van der Waals surface area contributed by atoms with E-state index in [1.807, 2.05) is 66.9 Å². The molecule has 1 aliphatic carbocycles. The summed E-state index contributed by atoms with van der Waals surface area (Å²) in [4.78, 5) is 29.6. The molecule has 0 spiro atoms. The second-order valence-electron chi connectivity index (χ2n) is 9.68. The Morgan fingerprint density at radius 1 is 1.09 bits per heavy atom. The number of furan rings is 1. The van der Waals surface area contributed by atoms with Crippen molar-refractivity contribution in [2.75, 3.05) is 6.61 Å². The highest BCUT2D eigenvalue weighted by atomic mass is 16.5. The number of aromatic nitrogens is 1. The second kappa shape index (κ2) is 9.64. The molecular formula is C28H33N3O4. The smallest absolute Gasteiger partial charge is 0.271 e. The zero-order valence-corrected chi connectivity index (χ0v) is 20.5. The first-order valence-corrected chi connectivity index (χ1v) is 12.6. The lowest BCUT2D eigenvalue weighted by Crippen LogP contribution is -2.64. The van der Waals surface area contributed by atoms with E-state index in [4.69, 9.17) is 9.15 Å². The highest BCUT2D eigenvalue weighted by Crippen LogP contribution is 2.35. The Labute approximate surface area is 206 Å². The average molecular weight is 476 g/mol. The van der Waals surface area contributed by atoms with E-state index in [0.29, 0.717) is 24.6 Å². The van der Waals surface area contributed by atoms with Crippen molar-refractivity contribution in [1.29, 1.82) is 0 Å². The van der Waals surface area contributed by atoms with Crippen molar-refractivity contribution in [3.05, 3.63) is 66.1 Å². The van der Waals surface area contributed by atoms with E-state index in [1.165, 1.54) is 6.42 Å². The van der Waals surface area contributed by atoms with Crippen LogP contribution in [0.4, 0.5) is 0 Å². The molecule has 0 unspecified atom stereocenters. The van der Waals surface area contributed by atoms with Gasteiger partial charge in [-0.3, -0.25) is 9.59 Å². The van der Waals surface area contributed by atoms with Crippen LogP contribution in [0.1, 0.15) is 62.0 Å². The van der Waals surface area contributed by atoms with Gasteiger partial charge in [0.15, 0.2) is 0 Å². The monoisotopic (exact) mass is 475 g/mol. The van der Waals surface area contributed by atoms with Gasteiger partial charge in [-0.05, 0) is 57.0 Å². The molecule has 1 aromatic carbocycles. The largest absolute Gasteiger partial charge is 0.494 e. The summed E-state index contributed by atoms with van der Waals surface area (Å²) in [5, 5.41) is 3.28. The number of rotatable bonds is 7. The van der Waals surface area contributed by atoms with Gasteiger partial charge in [-0.15, -0.1) is 0 Å². The van der Waals surface area contributed by atoms with Gasteiger partial charge in [-0.2, -0.15) is 0 Å². The highest BCUT2D eigenvalue weighted by molar-refractivity contribution is 6.00. The normalized spacial score (nSPS) is 20.5. The Balaban J connectivity index is 1.54. The number of carbonyl (C=O) groups excluding carboxylic acids is 2. The van der Waals surface area contributed by atoms with Crippen LogP contribution in [0.3, 0.4) is 0 Å². The van der Waals surface area contributed by atoms with Crippen LogP contribution in [0.5, 0.6) is 5.75 Å². The minimum absolute atomic E-state index is 0.114. The molecule has 1 saturated carbocycles. The molecular weight excluding hydrogens is 442 g/mol. The minimum Gasteiger partial charge on any atom is -0.494 e. The molecule has 3 heterocycles. The van der Waals surface area contributed by atoms with Crippen LogP contribution < -0.4 is 10.1 Å². The number of hydrogen-bond donors (Lipinski definition) is 1. The molecule has 7 nitrogen and oxygen atoms in total. The van der Waals surface area contributed by atoms with E-state index in [0.717, 1.165) is 42.7 Å². The molecule has 7 heteroatoms. The van der Waals surface area contributed by atoms with Crippen molar-refractivity contribution in [1.82, 2.24) is 14.8 Å². The van der Waals surface area contributed by atoms with E-state index in [1.54, 1.807) is 11.2 Å². The second-order valence-corrected chi connectivity index (χ2v) is 9.68. The Morgan fingerprint density at radius 2 is 1.86 bits per heavy atom. The summed E-state index contributed by atoms with van der Waals surface area (Å²) in [5.41, 5.74) is 1.14. The van der Waals surface area contributed by atoms with E-state index in [2.05, 4.69) is 5.32 Å². The number of fused-ring (bicyclic) bond motifs is 1. The van der Waals surface area contributed by atoms with E-state index >= 15 is 0 Å². The van der Waals surface area contributed by atoms with Crippen LogP contribution in [0.25, 0.3) is 11.5 Å². The van der Waals surface area contributed by atoms with Gasteiger partial charge in [0.1, 0.15) is 22.7 Å². The van der Waals surface area contributed by atoms with Crippen molar-refractivity contribution in [3.8, 4) is 17.2 Å². The van der Waals surface area contributed by atoms with Crippen molar-refractivity contribution in [3.63, 3.8) is 0 Å². The summed E-state index contributed by atoms with van der Waals surface area (Å²) in [6, 6.07) is 15.3. The summed E-state index contributed by atoms with van der Waals surface area (Å²) in [6.45, 7) is 4.96. The maximum Gasteiger partial charge on any atom is 0.271 e. The van der Waals surface area contributed by atoms with Gasteiger partial charge in [0.2, 0.25) is 5.91 Å². The van der Waals surface area contributed by atoms with Crippen molar-refractivity contribution < 1.29 is 18.7 Å². The molecule has 1 N–H and O–H groups in total. The lowest BCUT2D eigenvalue weighted by Gasteiger charge is -2.45. The van der Waals surface area contributed by atoms with Gasteiger partial charge in [0.25, 0.3) is 5.91 Å². The Hall–Kier alpha value is -3.48. The van der Waals surface area contributed by atoms with Gasteiger partial charge in [-0.25, -0.2) is 0 Å². The first-order chi connectivity index (χ1) is 17.0. The molecule has 1 fully saturated rings. The predicted octanol–water partition coefficient (Wildman–Crippen LogP) is 5.01. The number of para-hydroxylation sites is 1. The van der Waals surface area contributed by atoms with Gasteiger partial charge in [0, 0.05) is 11.6 Å². The molecule has 2 aromatic heterocycles. The molecule has 3 aromatic rings. The molecule has 35 heavy (non-hydrogen) atoms. The molecule has 0 bridgehead atoms. The third-order valence-electron chi connectivity index (χ3n) is 7.31. The number of amides is 2. The molecule has 2 amide bonds. The standard InChI is InChI=1S/C28H33N3O4/c1-3-34-24-13-8-7-10-20(24)18-31-26(32)23-16-15-22(25-14-9-17-35-25)30(23)19-28(31,2)27(33)29-21-11-5-4-6-12-21/h7-10,13-17,21H,3-6,11-12,18-19H2,1-2H3,(H,29,33)/t28-/m1/s1.